The third-order valence-electron chi connectivity index (χ3n) is 6.52. The highest BCUT2D eigenvalue weighted by Gasteiger charge is 2.33. The van der Waals surface area contributed by atoms with Crippen LogP contribution in [0.4, 0.5) is 16.5 Å². The quantitative estimate of drug-likeness (QED) is 0.321. The number of anilines is 3. The summed E-state index contributed by atoms with van der Waals surface area (Å²) in [6.45, 7) is 1.83. The van der Waals surface area contributed by atoms with Crippen LogP contribution in [0.1, 0.15) is 18.4 Å². The molecule has 1 aliphatic heterocycles. The summed E-state index contributed by atoms with van der Waals surface area (Å²) >= 11 is 2.99. The van der Waals surface area contributed by atoms with E-state index in [1.807, 2.05) is 42.6 Å². The van der Waals surface area contributed by atoms with E-state index in [9.17, 15) is 18.0 Å². The zero-order valence-corrected chi connectivity index (χ0v) is 23.8. The summed E-state index contributed by atoms with van der Waals surface area (Å²) in [5.74, 6) is -1.04. The summed E-state index contributed by atoms with van der Waals surface area (Å²) in [4.78, 5) is 32.5. The molecule has 0 saturated carbocycles. The number of fused-ring (bicyclic) bond motifs is 1. The minimum Gasteiger partial charge on any atom is -0.375 e. The molecule has 1 aliphatic rings. The van der Waals surface area contributed by atoms with Gasteiger partial charge in [-0.05, 0) is 66.4 Å². The smallest absolute Gasteiger partial charge is 0.244 e. The highest BCUT2D eigenvalue weighted by molar-refractivity contribution is 7.91. The van der Waals surface area contributed by atoms with E-state index < -0.39 is 15.8 Å². The number of carbonyl (C=O) groups is 2. The van der Waals surface area contributed by atoms with Crippen LogP contribution in [0.5, 0.6) is 0 Å². The maximum Gasteiger partial charge on any atom is 0.244 e. The molecule has 12 heteroatoms. The van der Waals surface area contributed by atoms with E-state index in [1.165, 1.54) is 16.2 Å². The average Bonchev–Trinajstić information content (AvgIpc) is 3.48. The van der Waals surface area contributed by atoms with Crippen LogP contribution < -0.4 is 16.0 Å². The Morgan fingerprint density at radius 1 is 1.08 bits per heavy atom. The maximum absolute atomic E-state index is 13.6. The lowest BCUT2D eigenvalue weighted by molar-refractivity contribution is -0.124. The fourth-order valence-corrected chi connectivity index (χ4v) is 7.44. The molecule has 0 unspecified atom stereocenters. The van der Waals surface area contributed by atoms with Gasteiger partial charge in [0.15, 0.2) is 5.13 Å². The normalized spacial score (nSPS) is 15.1. The van der Waals surface area contributed by atoms with Crippen LogP contribution in [0.2, 0.25) is 0 Å². The van der Waals surface area contributed by atoms with Crippen molar-refractivity contribution >= 4 is 83.3 Å². The van der Waals surface area contributed by atoms with Gasteiger partial charge in [-0.15, -0.1) is 35.1 Å². The Labute approximate surface area is 235 Å². The number of hydrogen-bond acceptors (Lipinski definition) is 8. The molecule has 0 aliphatic carbocycles. The molecule has 2 amide bonds. The molecule has 8 nitrogen and oxygen atoms in total. The van der Waals surface area contributed by atoms with Crippen LogP contribution in [0.15, 0.2) is 53.2 Å². The summed E-state index contributed by atoms with van der Waals surface area (Å²) in [7, 11) is -3.11. The zero-order valence-electron chi connectivity index (χ0n) is 20.5. The molecule has 2 aromatic heterocycles. The Morgan fingerprint density at radius 3 is 2.45 bits per heavy atom. The number of halogens is 1. The summed E-state index contributed by atoms with van der Waals surface area (Å²) in [5, 5.41) is 8.32. The number of aryl methyl sites for hydroxylation is 1. The number of benzene rings is 2. The number of hydrogen-bond donors (Lipinski definition) is 2. The van der Waals surface area contributed by atoms with Crippen molar-refractivity contribution in [1.82, 2.24) is 4.98 Å². The Kier molecular flexibility index (Phi) is 8.41. The number of amides is 2. The first-order chi connectivity index (χ1) is 17.7. The van der Waals surface area contributed by atoms with E-state index in [0.29, 0.717) is 16.5 Å². The minimum atomic E-state index is -3.11. The number of nitrogens with two attached hydrogens (primary N) is 1. The van der Waals surface area contributed by atoms with Crippen molar-refractivity contribution < 1.29 is 18.0 Å². The average molecular weight is 591 g/mol. The Bertz CT molecular complexity index is 1570. The number of nitrogen functional groups attached to an aromatic ring is 1. The van der Waals surface area contributed by atoms with Gasteiger partial charge in [-0.2, -0.15) is 0 Å². The number of thiazole rings is 1. The number of nitrogens with zero attached hydrogens (tertiary/aromatic N) is 2. The van der Waals surface area contributed by atoms with E-state index in [0.717, 1.165) is 26.9 Å². The van der Waals surface area contributed by atoms with E-state index in [1.54, 1.807) is 23.5 Å². The van der Waals surface area contributed by atoms with Crippen LogP contribution in [-0.2, 0) is 19.4 Å². The Morgan fingerprint density at radius 2 is 1.79 bits per heavy atom. The lowest BCUT2D eigenvalue weighted by atomic mass is 10.0. The molecule has 200 valence electrons. The fourth-order valence-electron chi connectivity index (χ4n) is 4.45. The Hall–Kier alpha value is -2.99. The number of nitrogens with one attached hydrogen (secondary N) is 1. The third-order valence-corrected chi connectivity index (χ3v) is 9.99. The monoisotopic (exact) mass is 590 g/mol. The van der Waals surface area contributed by atoms with Gasteiger partial charge in [0.1, 0.15) is 16.4 Å². The molecule has 0 radical (unpaired) electrons. The molecule has 0 spiro atoms. The number of sulfone groups is 1. The van der Waals surface area contributed by atoms with Gasteiger partial charge >= 0.3 is 0 Å². The van der Waals surface area contributed by atoms with Crippen molar-refractivity contribution in [2.45, 2.75) is 19.8 Å². The lowest BCUT2D eigenvalue weighted by Crippen LogP contribution is -2.43. The van der Waals surface area contributed by atoms with Gasteiger partial charge in [-0.3, -0.25) is 9.59 Å². The van der Waals surface area contributed by atoms with Crippen molar-refractivity contribution in [1.29, 1.82) is 0 Å². The van der Waals surface area contributed by atoms with Gasteiger partial charge < -0.3 is 16.0 Å². The SMILES string of the molecule is Cc1csc2ccc(N(CC(=O)Nc3ccc(-c4csc(N)n4)cc3)C(=O)C3CCS(=O)(=O)CC3)cc12.Cl. The van der Waals surface area contributed by atoms with Crippen LogP contribution >= 0.6 is 35.1 Å². The predicted molar refractivity (Wildman–Crippen MR) is 158 cm³/mol. The molecule has 38 heavy (non-hydrogen) atoms. The van der Waals surface area contributed by atoms with Gasteiger partial charge in [-0.25, -0.2) is 13.4 Å². The van der Waals surface area contributed by atoms with Crippen molar-refractivity contribution in [2.75, 3.05) is 34.0 Å². The first kappa shape index (κ1) is 28.0. The number of rotatable bonds is 6. The van der Waals surface area contributed by atoms with E-state index in [4.69, 9.17) is 5.73 Å². The molecule has 0 atom stereocenters. The summed E-state index contributed by atoms with van der Waals surface area (Å²) in [5.41, 5.74) is 9.69. The first-order valence-electron chi connectivity index (χ1n) is 11.8. The van der Waals surface area contributed by atoms with Gasteiger partial charge in [0.2, 0.25) is 11.8 Å². The highest BCUT2D eigenvalue weighted by Crippen LogP contribution is 2.31. The van der Waals surface area contributed by atoms with Gasteiger partial charge in [-0.1, -0.05) is 12.1 Å². The Balaban J connectivity index is 0.00000336. The van der Waals surface area contributed by atoms with Gasteiger partial charge in [0.05, 0.1) is 17.2 Å². The molecule has 3 heterocycles. The summed E-state index contributed by atoms with van der Waals surface area (Å²) in [6, 6.07) is 13.0. The number of thiophene rings is 1. The van der Waals surface area contributed by atoms with Crippen molar-refractivity contribution in [3.05, 3.63) is 58.8 Å². The molecule has 5 rings (SSSR count). The van der Waals surface area contributed by atoms with Crippen LogP contribution in [0, 0.1) is 12.8 Å². The molecule has 3 N–H and O–H groups in total. The van der Waals surface area contributed by atoms with E-state index in [2.05, 4.69) is 15.7 Å². The summed E-state index contributed by atoms with van der Waals surface area (Å²) in [6.07, 6.45) is 0.531. The highest BCUT2D eigenvalue weighted by atomic mass is 35.5. The third kappa shape index (κ3) is 6.17. The first-order valence-corrected chi connectivity index (χ1v) is 15.4. The zero-order chi connectivity index (χ0) is 26.2. The fraction of sp³-hybridized carbons (Fsp3) is 0.269. The molecule has 0 bridgehead atoms. The minimum absolute atomic E-state index is 0. The molecule has 1 saturated heterocycles. The molecular formula is C26H27ClN4O4S3. The largest absolute Gasteiger partial charge is 0.375 e. The second kappa shape index (κ2) is 11.4. The topological polar surface area (TPSA) is 122 Å². The van der Waals surface area contributed by atoms with E-state index in [-0.39, 0.29) is 55.1 Å². The molecule has 1 fully saturated rings. The number of aromatic nitrogens is 1. The lowest BCUT2D eigenvalue weighted by Gasteiger charge is -2.29. The predicted octanol–water partition coefficient (Wildman–Crippen LogP) is 5.13. The van der Waals surface area contributed by atoms with Gasteiger partial charge in [0, 0.05) is 32.9 Å². The van der Waals surface area contributed by atoms with Crippen LogP contribution in [-0.4, -0.2) is 43.3 Å². The second-order valence-electron chi connectivity index (χ2n) is 9.15. The van der Waals surface area contributed by atoms with Crippen LogP contribution in [0.25, 0.3) is 21.3 Å². The van der Waals surface area contributed by atoms with Crippen molar-refractivity contribution in [3.8, 4) is 11.3 Å². The summed E-state index contributed by atoms with van der Waals surface area (Å²) < 4.78 is 24.9. The van der Waals surface area contributed by atoms with Gasteiger partial charge in [0.25, 0.3) is 0 Å². The second-order valence-corrected chi connectivity index (χ2v) is 13.3. The maximum atomic E-state index is 13.6. The van der Waals surface area contributed by atoms with Crippen molar-refractivity contribution in [2.24, 2.45) is 5.92 Å². The molecule has 4 aromatic rings. The van der Waals surface area contributed by atoms with Crippen LogP contribution in [0.3, 0.4) is 0 Å². The van der Waals surface area contributed by atoms with Crippen molar-refractivity contribution in [3.63, 3.8) is 0 Å². The molecule has 2 aromatic carbocycles. The molecular weight excluding hydrogens is 564 g/mol. The van der Waals surface area contributed by atoms with E-state index >= 15 is 0 Å². The standard InChI is InChI=1S/C26H26N4O4S3.ClH/c1-16-14-35-23-7-6-20(12-21(16)23)30(25(32)18-8-10-37(33,34)11-9-18)13-24(31)28-19-4-2-17(3-5-19)22-15-36-26(27)29-22;/h2-7,12,14-15,18H,8-11,13H2,1H3,(H2,27,29)(H,28,31);1H. The number of carbonyl (C=O) groups excluding carboxylic acids is 2.